The van der Waals surface area contributed by atoms with Gasteiger partial charge in [0.2, 0.25) is 0 Å². The van der Waals surface area contributed by atoms with Crippen molar-refractivity contribution in [3.05, 3.63) is 18.0 Å². The first-order chi connectivity index (χ1) is 8.38. The second kappa shape index (κ2) is 4.91. The van der Waals surface area contributed by atoms with Crippen molar-refractivity contribution in [3.8, 4) is 0 Å². The minimum atomic E-state index is -4.15. The molecule has 1 aliphatic rings. The highest BCUT2D eigenvalue weighted by Crippen LogP contribution is 2.43. The van der Waals surface area contributed by atoms with Crippen molar-refractivity contribution >= 4 is 0 Å². The SMILES string of the molecule is Cn1cc(C(O)C2CCCC(C(F)(F)F)C2)cn1. The van der Waals surface area contributed by atoms with Crippen LogP contribution in [0.4, 0.5) is 13.2 Å². The van der Waals surface area contributed by atoms with Crippen LogP contribution >= 0.6 is 0 Å². The number of aliphatic hydroxyl groups is 1. The molecule has 2 rings (SSSR count). The Morgan fingerprint density at radius 1 is 1.44 bits per heavy atom. The molecule has 1 aliphatic carbocycles. The van der Waals surface area contributed by atoms with Gasteiger partial charge < -0.3 is 5.11 Å². The van der Waals surface area contributed by atoms with E-state index in [-0.39, 0.29) is 18.8 Å². The van der Waals surface area contributed by atoms with Crippen molar-refractivity contribution < 1.29 is 18.3 Å². The molecular formula is C12H17F3N2O. The topological polar surface area (TPSA) is 38.0 Å². The Balaban J connectivity index is 2.05. The summed E-state index contributed by atoms with van der Waals surface area (Å²) in [6, 6.07) is 0. The number of alkyl halides is 3. The van der Waals surface area contributed by atoms with Gasteiger partial charge in [0, 0.05) is 18.8 Å². The van der Waals surface area contributed by atoms with Crippen LogP contribution in [0.5, 0.6) is 0 Å². The summed E-state index contributed by atoms with van der Waals surface area (Å²) in [7, 11) is 1.72. The molecule has 1 fully saturated rings. The molecule has 0 aromatic carbocycles. The second-order valence-corrected chi connectivity index (χ2v) is 5.06. The number of hydrogen-bond acceptors (Lipinski definition) is 2. The third-order valence-electron chi connectivity index (χ3n) is 3.69. The van der Waals surface area contributed by atoms with E-state index < -0.39 is 18.2 Å². The zero-order chi connectivity index (χ0) is 13.3. The second-order valence-electron chi connectivity index (χ2n) is 5.06. The summed E-state index contributed by atoms with van der Waals surface area (Å²) in [6.45, 7) is 0. The fourth-order valence-electron chi connectivity index (χ4n) is 2.68. The van der Waals surface area contributed by atoms with Crippen LogP contribution in [-0.4, -0.2) is 21.1 Å². The van der Waals surface area contributed by atoms with Gasteiger partial charge in [-0.3, -0.25) is 4.68 Å². The van der Waals surface area contributed by atoms with E-state index in [1.165, 1.54) is 6.20 Å². The molecule has 18 heavy (non-hydrogen) atoms. The molecule has 0 radical (unpaired) electrons. The summed E-state index contributed by atoms with van der Waals surface area (Å²) in [6.07, 6.45) is -0.464. The molecule has 1 saturated carbocycles. The van der Waals surface area contributed by atoms with Crippen LogP contribution in [-0.2, 0) is 7.05 Å². The first-order valence-electron chi connectivity index (χ1n) is 6.11. The van der Waals surface area contributed by atoms with Gasteiger partial charge in [-0.15, -0.1) is 0 Å². The van der Waals surface area contributed by atoms with Crippen LogP contribution in [0.1, 0.15) is 37.4 Å². The van der Waals surface area contributed by atoms with E-state index in [4.69, 9.17) is 0 Å². The quantitative estimate of drug-likeness (QED) is 0.890. The normalized spacial score (nSPS) is 27.2. The van der Waals surface area contributed by atoms with E-state index in [0.29, 0.717) is 18.4 Å². The fraction of sp³-hybridized carbons (Fsp3) is 0.750. The molecule has 1 aromatic heterocycles. The van der Waals surface area contributed by atoms with Crippen molar-refractivity contribution in [1.29, 1.82) is 0 Å². The number of aromatic nitrogens is 2. The van der Waals surface area contributed by atoms with Crippen molar-refractivity contribution in [3.63, 3.8) is 0 Å². The summed E-state index contributed by atoms with van der Waals surface area (Å²) < 4.78 is 39.6. The lowest BCUT2D eigenvalue weighted by molar-refractivity contribution is -0.189. The molecule has 0 bridgehead atoms. The first-order valence-corrected chi connectivity index (χ1v) is 6.11. The Labute approximate surface area is 104 Å². The molecule has 1 aromatic rings. The largest absolute Gasteiger partial charge is 0.391 e. The van der Waals surface area contributed by atoms with Crippen molar-refractivity contribution in [2.75, 3.05) is 0 Å². The number of halogens is 3. The molecule has 0 spiro atoms. The third kappa shape index (κ3) is 2.85. The first kappa shape index (κ1) is 13.4. The van der Waals surface area contributed by atoms with E-state index in [2.05, 4.69) is 5.10 Å². The number of rotatable bonds is 2. The molecule has 1 heterocycles. The average molecular weight is 262 g/mol. The number of nitrogens with zero attached hydrogens (tertiary/aromatic N) is 2. The predicted molar refractivity (Wildman–Crippen MR) is 59.7 cm³/mol. The van der Waals surface area contributed by atoms with Gasteiger partial charge in [0.1, 0.15) is 0 Å². The maximum absolute atomic E-state index is 12.7. The van der Waals surface area contributed by atoms with Crippen molar-refractivity contribution in [2.24, 2.45) is 18.9 Å². The summed E-state index contributed by atoms with van der Waals surface area (Å²) >= 11 is 0. The number of hydrogen-bond donors (Lipinski definition) is 1. The molecule has 102 valence electrons. The molecule has 3 unspecified atom stereocenters. The fourth-order valence-corrected chi connectivity index (χ4v) is 2.68. The molecule has 3 nitrogen and oxygen atoms in total. The molecule has 0 saturated heterocycles. The predicted octanol–water partition coefficient (Wildman–Crippen LogP) is 2.82. The zero-order valence-electron chi connectivity index (χ0n) is 10.2. The smallest absolute Gasteiger partial charge is 0.388 e. The lowest BCUT2D eigenvalue weighted by atomic mass is 9.77. The molecular weight excluding hydrogens is 245 g/mol. The highest BCUT2D eigenvalue weighted by Gasteiger charge is 2.43. The van der Waals surface area contributed by atoms with Crippen LogP contribution in [0.3, 0.4) is 0 Å². The maximum atomic E-state index is 12.7. The van der Waals surface area contributed by atoms with Crippen LogP contribution in [0, 0.1) is 11.8 Å². The molecule has 3 atom stereocenters. The molecule has 0 aliphatic heterocycles. The minimum Gasteiger partial charge on any atom is -0.388 e. The van der Waals surface area contributed by atoms with Gasteiger partial charge in [0.25, 0.3) is 0 Å². The number of aryl methyl sites for hydroxylation is 1. The Morgan fingerprint density at radius 3 is 2.72 bits per heavy atom. The van der Waals surface area contributed by atoms with Crippen LogP contribution in [0.15, 0.2) is 12.4 Å². The lowest BCUT2D eigenvalue weighted by Gasteiger charge is -2.32. The standard InChI is InChI=1S/C12H17F3N2O/c1-17-7-9(6-16-17)11(18)8-3-2-4-10(5-8)12(13,14)15/h6-8,10-11,18H,2-5H2,1H3. The molecule has 0 amide bonds. The van der Waals surface area contributed by atoms with Crippen molar-refractivity contribution in [1.82, 2.24) is 9.78 Å². The lowest BCUT2D eigenvalue weighted by Crippen LogP contribution is -2.31. The highest BCUT2D eigenvalue weighted by molar-refractivity contribution is 5.09. The van der Waals surface area contributed by atoms with E-state index in [9.17, 15) is 18.3 Å². The van der Waals surface area contributed by atoms with Crippen molar-refractivity contribution in [2.45, 2.75) is 38.0 Å². The molecule has 6 heteroatoms. The van der Waals surface area contributed by atoms with E-state index in [0.717, 1.165) is 0 Å². The van der Waals surface area contributed by atoms with Crippen LogP contribution in [0.25, 0.3) is 0 Å². The average Bonchev–Trinajstić information content (AvgIpc) is 2.74. The van der Waals surface area contributed by atoms with E-state index >= 15 is 0 Å². The van der Waals surface area contributed by atoms with Gasteiger partial charge in [-0.1, -0.05) is 6.42 Å². The van der Waals surface area contributed by atoms with Gasteiger partial charge >= 0.3 is 6.18 Å². The van der Waals surface area contributed by atoms with Gasteiger partial charge in [0.15, 0.2) is 0 Å². The number of aliphatic hydroxyl groups excluding tert-OH is 1. The Kier molecular flexibility index (Phi) is 3.66. The summed E-state index contributed by atoms with van der Waals surface area (Å²) in [5.41, 5.74) is 0.602. The summed E-state index contributed by atoms with van der Waals surface area (Å²) in [5, 5.41) is 14.1. The monoisotopic (exact) mass is 262 g/mol. The van der Waals surface area contributed by atoms with Gasteiger partial charge in [0.05, 0.1) is 18.2 Å². The Bertz CT molecular complexity index is 402. The third-order valence-corrected chi connectivity index (χ3v) is 3.69. The van der Waals surface area contributed by atoms with Crippen LogP contribution < -0.4 is 0 Å². The van der Waals surface area contributed by atoms with Gasteiger partial charge in [-0.05, 0) is 25.2 Å². The van der Waals surface area contributed by atoms with E-state index in [1.807, 2.05) is 0 Å². The summed E-state index contributed by atoms with van der Waals surface area (Å²) in [4.78, 5) is 0. The van der Waals surface area contributed by atoms with Gasteiger partial charge in [-0.25, -0.2) is 0 Å². The van der Waals surface area contributed by atoms with Crippen LogP contribution in [0.2, 0.25) is 0 Å². The Morgan fingerprint density at radius 2 is 2.17 bits per heavy atom. The minimum absolute atomic E-state index is 0.0135. The highest BCUT2D eigenvalue weighted by atomic mass is 19.4. The summed E-state index contributed by atoms with van der Waals surface area (Å²) in [5.74, 6) is -1.60. The Hall–Kier alpha value is -1.04. The maximum Gasteiger partial charge on any atom is 0.391 e. The molecule has 1 N–H and O–H groups in total. The van der Waals surface area contributed by atoms with Gasteiger partial charge in [-0.2, -0.15) is 18.3 Å². The zero-order valence-corrected chi connectivity index (χ0v) is 10.2. The van der Waals surface area contributed by atoms with E-state index in [1.54, 1.807) is 17.9 Å².